The minimum atomic E-state index is 1.03. The largest absolute Gasteiger partial charge is 0.248 e. The molecule has 0 fully saturated rings. The summed E-state index contributed by atoms with van der Waals surface area (Å²) in [7, 11) is 0. The van der Waals surface area contributed by atoms with E-state index in [1.54, 1.807) is 0 Å². The second kappa shape index (κ2) is 4.46. The van der Waals surface area contributed by atoms with E-state index in [2.05, 4.69) is 48.5 Å². The zero-order valence-corrected chi connectivity index (χ0v) is 10.9. The number of hydrogen-bond acceptors (Lipinski definition) is 1. The number of para-hydroxylation sites is 1. The first-order valence-corrected chi connectivity index (χ1v) is 6.66. The van der Waals surface area contributed by atoms with Gasteiger partial charge in [0.1, 0.15) is 0 Å². The highest BCUT2D eigenvalue weighted by molar-refractivity contribution is 5.94. The number of nitrogens with zero attached hydrogens (tertiary/aromatic N) is 1. The molecule has 0 aliphatic carbocycles. The second-order valence-corrected chi connectivity index (χ2v) is 4.88. The molecule has 1 radical (unpaired) electrons. The lowest BCUT2D eigenvalue weighted by molar-refractivity contribution is 1.49. The Labute approximate surface area is 117 Å². The van der Waals surface area contributed by atoms with Crippen molar-refractivity contribution in [2.75, 3.05) is 0 Å². The van der Waals surface area contributed by atoms with Crippen molar-refractivity contribution < 1.29 is 0 Å². The Hall–Kier alpha value is -2.67. The molecule has 0 amide bonds. The first-order valence-electron chi connectivity index (χ1n) is 6.66. The molecule has 3 aromatic carbocycles. The predicted octanol–water partition coefficient (Wildman–Crippen LogP) is 4.86. The summed E-state index contributed by atoms with van der Waals surface area (Å²) in [6.07, 6.45) is 0. The predicted molar refractivity (Wildman–Crippen MR) is 83.5 cm³/mol. The van der Waals surface area contributed by atoms with Gasteiger partial charge in [-0.3, -0.25) is 0 Å². The van der Waals surface area contributed by atoms with Gasteiger partial charge in [-0.05, 0) is 41.5 Å². The Balaban J connectivity index is 1.97. The third-order valence-electron chi connectivity index (χ3n) is 3.56. The lowest BCUT2D eigenvalue weighted by atomic mass is 10.0. The van der Waals surface area contributed by atoms with Crippen LogP contribution in [0.5, 0.6) is 0 Å². The molecule has 4 rings (SSSR count). The Morgan fingerprint density at radius 3 is 2.50 bits per heavy atom. The van der Waals surface area contributed by atoms with E-state index >= 15 is 0 Å². The fraction of sp³-hybridized carbons (Fsp3) is 0. The van der Waals surface area contributed by atoms with Crippen LogP contribution in [0.4, 0.5) is 0 Å². The van der Waals surface area contributed by atoms with Crippen LogP contribution in [0.1, 0.15) is 0 Å². The standard InChI is InChI=1S/C19H12N/c1-2-6-14(7-3-1)15-10-11-17-12-16-8-4-5-9-18(16)20-19(17)13-15/h1-2,4-13H. The molecule has 4 aromatic rings. The normalized spacial score (nSPS) is 11.0. The topological polar surface area (TPSA) is 12.9 Å². The van der Waals surface area contributed by atoms with Gasteiger partial charge < -0.3 is 0 Å². The summed E-state index contributed by atoms with van der Waals surface area (Å²) in [5, 5.41) is 2.35. The van der Waals surface area contributed by atoms with Gasteiger partial charge in [0.05, 0.1) is 11.0 Å². The van der Waals surface area contributed by atoms with Gasteiger partial charge in [0.15, 0.2) is 0 Å². The van der Waals surface area contributed by atoms with Gasteiger partial charge in [0.2, 0.25) is 0 Å². The maximum Gasteiger partial charge on any atom is 0.0715 e. The fourth-order valence-electron chi connectivity index (χ4n) is 2.52. The number of fused-ring (bicyclic) bond motifs is 2. The van der Waals surface area contributed by atoms with Crippen LogP contribution in [0.2, 0.25) is 0 Å². The second-order valence-electron chi connectivity index (χ2n) is 4.88. The number of rotatable bonds is 1. The van der Waals surface area contributed by atoms with Crippen LogP contribution in [-0.4, -0.2) is 4.98 Å². The first-order chi connectivity index (χ1) is 9.90. The quantitative estimate of drug-likeness (QED) is 0.442. The van der Waals surface area contributed by atoms with Crippen LogP contribution in [-0.2, 0) is 0 Å². The molecule has 1 heterocycles. The van der Waals surface area contributed by atoms with Crippen LogP contribution >= 0.6 is 0 Å². The highest BCUT2D eigenvalue weighted by Gasteiger charge is 2.02. The van der Waals surface area contributed by atoms with Crippen molar-refractivity contribution in [2.45, 2.75) is 0 Å². The zero-order valence-electron chi connectivity index (χ0n) is 10.9. The zero-order chi connectivity index (χ0) is 13.4. The van der Waals surface area contributed by atoms with Crippen molar-refractivity contribution >= 4 is 21.8 Å². The summed E-state index contributed by atoms with van der Waals surface area (Å²) < 4.78 is 0. The van der Waals surface area contributed by atoms with Gasteiger partial charge >= 0.3 is 0 Å². The van der Waals surface area contributed by atoms with Gasteiger partial charge in [0.25, 0.3) is 0 Å². The van der Waals surface area contributed by atoms with Crippen LogP contribution in [0.25, 0.3) is 32.9 Å². The van der Waals surface area contributed by atoms with Crippen LogP contribution in [0, 0.1) is 6.07 Å². The molecular weight excluding hydrogens is 242 g/mol. The van der Waals surface area contributed by atoms with Crippen molar-refractivity contribution in [3.8, 4) is 11.1 Å². The van der Waals surface area contributed by atoms with Crippen molar-refractivity contribution in [1.29, 1.82) is 0 Å². The average molecular weight is 254 g/mol. The number of aromatic nitrogens is 1. The molecule has 0 aliphatic rings. The molecule has 0 spiro atoms. The molecule has 0 bridgehead atoms. The summed E-state index contributed by atoms with van der Waals surface area (Å²) in [5.74, 6) is 0. The highest BCUT2D eigenvalue weighted by Crippen LogP contribution is 2.25. The molecule has 0 saturated heterocycles. The summed E-state index contributed by atoms with van der Waals surface area (Å²) in [6, 6.07) is 28.0. The summed E-state index contributed by atoms with van der Waals surface area (Å²) in [4.78, 5) is 4.75. The third-order valence-corrected chi connectivity index (χ3v) is 3.56. The highest BCUT2D eigenvalue weighted by atomic mass is 14.7. The van der Waals surface area contributed by atoms with Gasteiger partial charge in [-0.2, -0.15) is 0 Å². The maximum atomic E-state index is 4.75. The van der Waals surface area contributed by atoms with Crippen molar-refractivity contribution in [1.82, 2.24) is 4.98 Å². The van der Waals surface area contributed by atoms with Gasteiger partial charge in [-0.25, -0.2) is 4.98 Å². The molecule has 0 saturated carbocycles. The first kappa shape index (κ1) is 11.2. The van der Waals surface area contributed by atoms with E-state index in [0.717, 1.165) is 11.0 Å². The van der Waals surface area contributed by atoms with Crippen LogP contribution < -0.4 is 0 Å². The van der Waals surface area contributed by atoms with E-state index in [1.165, 1.54) is 21.9 Å². The third kappa shape index (κ3) is 1.84. The van der Waals surface area contributed by atoms with E-state index in [-0.39, 0.29) is 0 Å². The number of pyridine rings is 1. The average Bonchev–Trinajstić information content (AvgIpc) is 2.53. The van der Waals surface area contributed by atoms with Gasteiger partial charge in [-0.1, -0.05) is 48.5 Å². The van der Waals surface area contributed by atoms with Gasteiger partial charge in [0, 0.05) is 10.8 Å². The Bertz CT molecular complexity index is 895. The molecule has 20 heavy (non-hydrogen) atoms. The maximum absolute atomic E-state index is 4.75. The molecule has 1 heteroatoms. The molecule has 93 valence electrons. The van der Waals surface area contributed by atoms with E-state index < -0.39 is 0 Å². The molecule has 0 unspecified atom stereocenters. The Morgan fingerprint density at radius 1 is 0.700 bits per heavy atom. The monoisotopic (exact) mass is 254 g/mol. The van der Waals surface area contributed by atoms with Crippen molar-refractivity contribution in [3.63, 3.8) is 0 Å². The summed E-state index contributed by atoms with van der Waals surface area (Å²) in [5.41, 5.74) is 4.42. The minimum Gasteiger partial charge on any atom is -0.248 e. The van der Waals surface area contributed by atoms with Gasteiger partial charge in [-0.15, -0.1) is 0 Å². The number of hydrogen-bond donors (Lipinski definition) is 0. The van der Waals surface area contributed by atoms with E-state index in [9.17, 15) is 0 Å². The molecule has 0 N–H and O–H groups in total. The molecule has 1 aromatic heterocycles. The summed E-state index contributed by atoms with van der Waals surface area (Å²) >= 11 is 0. The smallest absolute Gasteiger partial charge is 0.0715 e. The lowest BCUT2D eigenvalue weighted by Gasteiger charge is -2.05. The van der Waals surface area contributed by atoms with Crippen molar-refractivity contribution in [3.05, 3.63) is 78.9 Å². The minimum absolute atomic E-state index is 1.03. The Kier molecular flexibility index (Phi) is 2.49. The Morgan fingerprint density at radius 2 is 1.60 bits per heavy atom. The molecule has 1 nitrogen and oxygen atoms in total. The number of benzene rings is 3. The van der Waals surface area contributed by atoms with Crippen LogP contribution in [0.15, 0.2) is 72.8 Å². The fourth-order valence-corrected chi connectivity index (χ4v) is 2.52. The van der Waals surface area contributed by atoms with E-state index in [1.807, 2.05) is 30.3 Å². The SMILES string of the molecule is [c]1cccc(-c2ccc3cc4ccccc4nc3c2)c1. The van der Waals surface area contributed by atoms with Crippen molar-refractivity contribution in [2.24, 2.45) is 0 Å². The molecule has 0 atom stereocenters. The molecular formula is C19H12N. The van der Waals surface area contributed by atoms with E-state index in [4.69, 9.17) is 4.98 Å². The lowest BCUT2D eigenvalue weighted by Crippen LogP contribution is -1.84. The van der Waals surface area contributed by atoms with E-state index in [0.29, 0.717) is 0 Å². The summed E-state index contributed by atoms with van der Waals surface area (Å²) in [6.45, 7) is 0. The molecule has 0 aliphatic heterocycles. The van der Waals surface area contributed by atoms with Crippen LogP contribution in [0.3, 0.4) is 0 Å².